The summed E-state index contributed by atoms with van der Waals surface area (Å²) in [7, 11) is 0. The largest absolute Gasteiger partial charge is 0.420 e. The standard InChI is InChI=1S/C47H68F4N6O12.C42H70N6O11/c1-2-3-4-40-54-44-36-6-5-35(33-39(36)53-47(52)45(44)55-40)57-10-8-56(9-11-57)12-14-60-16-18-62-20-22-64-24-26-66-28-30-68-32-31-67-29-27-65-25-23-63-21-19-61-17-15-59-13-7-41(58)69-46-42(50)37(48)34-38(49)43(46)51;1-3-4-5-39-45-40-37-7-6-36(34-38(37)44-42(43)41(40)46-39)48-11-9-47(10-12-48)13-15-51-17-19-53-21-23-55-25-27-57-29-31-59-33-32-58-30-28-56-26-24-54-22-20-52-18-16-50-14-8-35(2)49/h5-6,33-34H,2-4,7-32H2,1H3,(H2,52,53)(H,54,55);6-7,34H,3-5,8-33H2,1-2H3,(H2,43,44)(H,45,46). The molecule has 0 unspecified atom stereocenters. The van der Waals surface area contributed by atoms with Gasteiger partial charge < -0.3 is 131 Å². The molecule has 6 heterocycles. The number of hydrogen-bond donors (Lipinski definition) is 4. The molecule has 2 aliphatic heterocycles. The second-order valence-electron chi connectivity index (χ2n) is 29.8. The van der Waals surface area contributed by atoms with E-state index in [1.165, 1.54) is 0 Å². The monoisotopic (exact) mass is 1820 g/mol. The molecule has 0 bridgehead atoms. The van der Waals surface area contributed by atoms with Crippen molar-refractivity contribution in [2.75, 3.05) is 351 Å². The number of ether oxygens (including phenoxy) is 21. The number of esters is 1. The number of carbonyl (C=O) groups excluding carboxylic acids is 2. The summed E-state index contributed by atoms with van der Waals surface area (Å²) >= 11 is 0. The molecule has 3 aromatic carbocycles. The minimum Gasteiger partial charge on any atom is -0.420 e. The number of halogens is 4. The minimum atomic E-state index is -1.79. The number of fused-ring (bicyclic) bond motifs is 6. The lowest BCUT2D eigenvalue weighted by Crippen LogP contribution is -2.47. The predicted molar refractivity (Wildman–Crippen MR) is 474 cm³/mol. The van der Waals surface area contributed by atoms with Crippen LogP contribution < -0.4 is 26.0 Å². The van der Waals surface area contributed by atoms with Crippen LogP contribution in [0.3, 0.4) is 0 Å². The summed E-state index contributed by atoms with van der Waals surface area (Å²) in [6, 6.07) is 12.9. The SMILES string of the molecule is CCCCc1nc2c([nH]1)c(N)nc1cc(N3CCN(CCOCCOCCOCCOCCOCCOCCOCCOCCOCCOCCC(=O)Oc4c(F)c(F)cc(F)c4F)CC3)ccc12.CCCCc1nc2c([nH]1)c(N)nc1cc(N3CCN(CCOCCOCCOCCOCCOCCOCCOCCOCCOCCOCCC(C)=O)CC3)ccc12. The Labute approximate surface area is 748 Å². The van der Waals surface area contributed by atoms with Crippen molar-refractivity contribution < 1.29 is 127 Å². The smallest absolute Gasteiger partial charge is 0.313 e. The number of aromatic amines is 2. The summed E-state index contributed by atoms with van der Waals surface area (Å²) in [5, 5.41) is 2.05. The van der Waals surface area contributed by atoms with E-state index in [0.29, 0.717) is 263 Å². The molecule has 2 aliphatic rings. The highest BCUT2D eigenvalue weighted by molar-refractivity contribution is 6.08. The van der Waals surface area contributed by atoms with Crippen molar-refractivity contribution in [3.8, 4) is 5.75 Å². The Balaban J connectivity index is 0.000000320. The van der Waals surface area contributed by atoms with Crippen molar-refractivity contribution in [2.45, 2.75) is 72.1 Å². The number of nitrogens with one attached hydrogen (secondary N) is 2. The first-order valence-electron chi connectivity index (χ1n) is 45.0. The lowest BCUT2D eigenvalue weighted by Gasteiger charge is -2.36. The molecule has 0 amide bonds. The van der Waals surface area contributed by atoms with Crippen LogP contribution in [-0.2, 0) is 117 Å². The highest BCUT2D eigenvalue weighted by Gasteiger charge is 2.25. The molecule has 6 N–H and O–H groups in total. The van der Waals surface area contributed by atoms with Crippen LogP contribution in [0.4, 0.5) is 40.6 Å². The molecular weight excluding hydrogens is 1680 g/mol. The Morgan fingerprint density at radius 3 is 0.891 bits per heavy atom. The van der Waals surface area contributed by atoms with Gasteiger partial charge in [-0.1, -0.05) is 26.7 Å². The van der Waals surface area contributed by atoms with Crippen molar-refractivity contribution in [3.05, 3.63) is 77.4 Å². The van der Waals surface area contributed by atoms with E-state index in [1.54, 1.807) is 6.92 Å². The number of nitrogens with zero attached hydrogens (tertiary/aromatic N) is 8. The molecule has 2 fully saturated rings. The number of aryl methyl sites for hydroxylation is 2. The van der Waals surface area contributed by atoms with Gasteiger partial charge in [0.05, 0.1) is 282 Å². The number of nitrogens with two attached hydrogens (primary N) is 2. The molecule has 0 saturated carbocycles. The lowest BCUT2D eigenvalue weighted by molar-refractivity contribution is -0.136. The summed E-state index contributed by atoms with van der Waals surface area (Å²) < 4.78 is 168. The summed E-state index contributed by atoms with van der Waals surface area (Å²) in [5.41, 5.74) is 20.2. The fraction of sp³-hybridized carbons (Fsp3) is 0.685. The van der Waals surface area contributed by atoms with Crippen LogP contribution in [0.25, 0.3) is 43.9 Å². The normalized spacial score (nSPS) is 13.5. The number of anilines is 4. The number of carbonyl (C=O) groups is 2. The molecule has 2 saturated heterocycles. The third kappa shape index (κ3) is 42.4. The van der Waals surface area contributed by atoms with Crippen molar-refractivity contribution in [1.29, 1.82) is 0 Å². The van der Waals surface area contributed by atoms with Gasteiger partial charge in [0.1, 0.15) is 51.1 Å². The average Bonchev–Trinajstić information content (AvgIpc) is 1.59. The number of aromatic nitrogens is 6. The molecule has 4 aromatic heterocycles. The van der Waals surface area contributed by atoms with Crippen LogP contribution in [0.1, 0.15) is 70.9 Å². The number of pyridine rings is 2. The summed E-state index contributed by atoms with van der Waals surface area (Å²) in [5.74, 6) is -6.43. The zero-order valence-electron chi connectivity index (χ0n) is 75.2. The summed E-state index contributed by atoms with van der Waals surface area (Å²) in [6.07, 6.45) is 6.28. The fourth-order valence-electron chi connectivity index (χ4n) is 13.1. The maximum Gasteiger partial charge on any atom is 0.313 e. The Bertz CT molecular complexity index is 4110. The molecule has 0 radical (unpaired) electrons. The van der Waals surface area contributed by atoms with E-state index in [2.05, 4.69) is 84.6 Å². The van der Waals surface area contributed by atoms with Gasteiger partial charge >= 0.3 is 5.97 Å². The number of hydrogen-bond acceptors (Lipinski definition) is 33. The van der Waals surface area contributed by atoms with Gasteiger partial charge in [0.15, 0.2) is 11.6 Å². The van der Waals surface area contributed by atoms with Crippen LogP contribution in [0.2, 0.25) is 0 Å². The van der Waals surface area contributed by atoms with Gasteiger partial charge in [-0.2, -0.15) is 8.78 Å². The van der Waals surface area contributed by atoms with E-state index in [4.69, 9.17) is 126 Å². The van der Waals surface area contributed by atoms with E-state index in [1.807, 2.05) is 0 Å². The first-order valence-corrected chi connectivity index (χ1v) is 45.0. The topological polar surface area (TPSA) is 376 Å². The Morgan fingerprint density at radius 2 is 0.617 bits per heavy atom. The van der Waals surface area contributed by atoms with Crippen molar-refractivity contribution in [1.82, 2.24) is 39.7 Å². The van der Waals surface area contributed by atoms with Crippen LogP contribution in [0, 0.1) is 23.3 Å². The first-order chi connectivity index (χ1) is 62.8. The molecule has 9 rings (SSSR count). The lowest BCUT2D eigenvalue weighted by atomic mass is 10.1. The van der Waals surface area contributed by atoms with Gasteiger partial charge in [-0.25, -0.2) is 28.7 Å². The third-order valence-electron chi connectivity index (χ3n) is 20.1. The van der Waals surface area contributed by atoms with Crippen molar-refractivity contribution in [2.24, 2.45) is 0 Å². The first kappa shape index (κ1) is 106. The molecular formula is C89H138F4N12O23. The summed E-state index contributed by atoms with van der Waals surface area (Å²) in [6.45, 7) is 33.4. The third-order valence-corrected chi connectivity index (χ3v) is 20.1. The van der Waals surface area contributed by atoms with Gasteiger partial charge in [-0.05, 0) is 56.2 Å². The number of piperazine rings is 2. The van der Waals surface area contributed by atoms with Crippen LogP contribution in [-0.4, -0.2) is 381 Å². The van der Waals surface area contributed by atoms with E-state index in [0.717, 1.165) is 171 Å². The van der Waals surface area contributed by atoms with Crippen LogP contribution >= 0.6 is 0 Å². The number of H-pyrrole nitrogens is 2. The zero-order chi connectivity index (χ0) is 90.5. The van der Waals surface area contributed by atoms with E-state index < -0.39 is 41.4 Å². The maximum absolute atomic E-state index is 13.6. The summed E-state index contributed by atoms with van der Waals surface area (Å²) in [4.78, 5) is 58.1. The van der Waals surface area contributed by atoms with Crippen LogP contribution in [0.15, 0.2) is 42.5 Å². The maximum atomic E-state index is 13.6. The van der Waals surface area contributed by atoms with Crippen molar-refractivity contribution in [3.63, 3.8) is 0 Å². The number of unbranched alkanes of at least 4 members (excludes halogenated alkanes) is 2. The fourth-order valence-corrected chi connectivity index (χ4v) is 13.1. The zero-order valence-corrected chi connectivity index (χ0v) is 75.2. The molecule has 720 valence electrons. The van der Waals surface area contributed by atoms with E-state index >= 15 is 0 Å². The number of rotatable bonds is 75. The van der Waals surface area contributed by atoms with Crippen LogP contribution in [0.5, 0.6) is 5.75 Å². The number of imidazole rings is 2. The number of Topliss-reactive ketones (excluding diaryl/α,β-unsaturated/α-hetero) is 1. The van der Waals surface area contributed by atoms with Gasteiger partial charge in [0.25, 0.3) is 0 Å². The van der Waals surface area contributed by atoms with Crippen molar-refractivity contribution >= 4 is 78.6 Å². The highest BCUT2D eigenvalue weighted by Crippen LogP contribution is 2.33. The molecule has 128 heavy (non-hydrogen) atoms. The predicted octanol–water partition coefficient (Wildman–Crippen LogP) is 8.18. The van der Waals surface area contributed by atoms with Gasteiger partial charge in [0, 0.05) is 113 Å². The molecule has 7 aromatic rings. The second kappa shape index (κ2) is 66.0. The molecule has 0 spiro atoms. The number of ketones is 1. The molecule has 35 nitrogen and oxygen atoms in total. The van der Waals surface area contributed by atoms with Gasteiger partial charge in [-0.15, -0.1) is 0 Å². The molecule has 0 atom stereocenters. The molecule has 39 heteroatoms. The Hall–Kier alpha value is -7.40. The Morgan fingerprint density at radius 1 is 0.352 bits per heavy atom. The number of nitrogen functional groups attached to an aromatic ring is 2. The quantitative estimate of drug-likeness (QED) is 0.00917. The Kier molecular flexibility index (Phi) is 54.7. The minimum absolute atomic E-state index is 0.0202. The highest BCUT2D eigenvalue weighted by atomic mass is 19.2. The van der Waals surface area contributed by atoms with Gasteiger partial charge in [-0.3, -0.25) is 19.4 Å². The second-order valence-corrected chi connectivity index (χ2v) is 29.8. The molecule has 0 aliphatic carbocycles. The van der Waals surface area contributed by atoms with Gasteiger partial charge in [0.2, 0.25) is 17.4 Å². The van der Waals surface area contributed by atoms with E-state index in [-0.39, 0.29) is 31.7 Å². The van der Waals surface area contributed by atoms with E-state index in [9.17, 15) is 27.2 Å². The number of benzene rings is 3. The average molecular weight is 1820 g/mol.